The largest absolute Gasteiger partial charge is 0.268 e. The van der Waals surface area contributed by atoms with Gasteiger partial charge < -0.3 is 0 Å². The first-order chi connectivity index (χ1) is 7.68. The molecule has 2 aromatic heterocycles. The van der Waals surface area contributed by atoms with Crippen LogP contribution < -0.4 is 5.56 Å². The highest BCUT2D eigenvalue weighted by Gasteiger charge is 2.10. The van der Waals surface area contributed by atoms with Gasteiger partial charge in [0.1, 0.15) is 0 Å². The number of aryl methyl sites for hydroxylation is 1. The molecule has 0 N–H and O–H groups in total. The smallest absolute Gasteiger partial charge is 0.268 e. The molecule has 1 aromatic carbocycles. The molecule has 16 heavy (non-hydrogen) atoms. The van der Waals surface area contributed by atoms with Gasteiger partial charge in [-0.15, -0.1) is 11.3 Å². The lowest BCUT2D eigenvalue weighted by atomic mass is 10.2. The maximum absolute atomic E-state index is 12.2. The number of fused-ring (bicyclic) bond motifs is 2. The molecule has 0 atom stereocenters. The quantitative estimate of drug-likeness (QED) is 0.615. The standard InChI is InChI=1S/C11H7ClN2OS/c1-6-5-16-11-13-8-4-2-3-7(12)9(8)10(15)14(6)11/h2-5H,1H3. The Kier molecular flexibility index (Phi) is 2.02. The van der Waals surface area contributed by atoms with Crippen LogP contribution in [0, 0.1) is 6.92 Å². The van der Waals surface area contributed by atoms with Crippen molar-refractivity contribution in [2.24, 2.45) is 0 Å². The highest BCUT2D eigenvalue weighted by atomic mass is 35.5. The van der Waals surface area contributed by atoms with Gasteiger partial charge in [0, 0.05) is 11.1 Å². The van der Waals surface area contributed by atoms with E-state index in [0.717, 1.165) is 5.69 Å². The first-order valence-electron chi connectivity index (χ1n) is 4.73. The van der Waals surface area contributed by atoms with Crippen LogP contribution in [-0.2, 0) is 0 Å². The second-order valence-electron chi connectivity index (χ2n) is 3.55. The molecule has 0 aliphatic carbocycles. The molecular formula is C11H7ClN2OS. The molecule has 80 valence electrons. The van der Waals surface area contributed by atoms with E-state index < -0.39 is 0 Å². The third-order valence-electron chi connectivity index (χ3n) is 2.50. The van der Waals surface area contributed by atoms with Crippen molar-refractivity contribution in [2.45, 2.75) is 6.92 Å². The number of thiazole rings is 1. The summed E-state index contributed by atoms with van der Waals surface area (Å²) in [5.74, 6) is 0. The normalized spacial score (nSPS) is 11.4. The van der Waals surface area contributed by atoms with Gasteiger partial charge in [0.05, 0.1) is 15.9 Å². The van der Waals surface area contributed by atoms with Crippen LogP contribution in [-0.4, -0.2) is 9.38 Å². The Morgan fingerprint density at radius 2 is 2.25 bits per heavy atom. The van der Waals surface area contributed by atoms with Crippen LogP contribution in [0.5, 0.6) is 0 Å². The van der Waals surface area contributed by atoms with Crippen LogP contribution >= 0.6 is 22.9 Å². The number of nitrogens with zero attached hydrogens (tertiary/aromatic N) is 2. The molecule has 0 unspecified atom stereocenters. The minimum atomic E-state index is -0.0932. The predicted molar refractivity (Wildman–Crippen MR) is 66.6 cm³/mol. The Labute approximate surface area is 99.9 Å². The van der Waals surface area contributed by atoms with Gasteiger partial charge in [-0.3, -0.25) is 9.20 Å². The first kappa shape index (κ1) is 9.81. The van der Waals surface area contributed by atoms with Crippen molar-refractivity contribution in [2.75, 3.05) is 0 Å². The maximum atomic E-state index is 12.2. The van der Waals surface area contributed by atoms with Gasteiger partial charge >= 0.3 is 0 Å². The van der Waals surface area contributed by atoms with E-state index in [9.17, 15) is 4.79 Å². The number of hydrogen-bond donors (Lipinski definition) is 0. The minimum Gasteiger partial charge on any atom is -0.268 e. The molecule has 0 amide bonds. The fraction of sp³-hybridized carbons (Fsp3) is 0.0909. The summed E-state index contributed by atoms with van der Waals surface area (Å²) in [4.78, 5) is 17.4. The lowest BCUT2D eigenvalue weighted by Gasteiger charge is -2.01. The summed E-state index contributed by atoms with van der Waals surface area (Å²) in [5.41, 5.74) is 1.45. The van der Waals surface area contributed by atoms with Gasteiger partial charge in [0.15, 0.2) is 4.96 Å². The van der Waals surface area contributed by atoms with Crippen molar-refractivity contribution in [3.63, 3.8) is 0 Å². The van der Waals surface area contributed by atoms with Gasteiger partial charge in [0.2, 0.25) is 0 Å². The molecule has 3 nitrogen and oxygen atoms in total. The molecule has 3 aromatic rings. The molecule has 0 saturated heterocycles. The van der Waals surface area contributed by atoms with Crippen molar-refractivity contribution < 1.29 is 0 Å². The molecule has 0 saturated carbocycles. The number of rotatable bonds is 0. The number of benzene rings is 1. The molecule has 0 bridgehead atoms. The van der Waals surface area contributed by atoms with E-state index in [4.69, 9.17) is 11.6 Å². The number of halogens is 1. The van der Waals surface area contributed by atoms with E-state index in [2.05, 4.69) is 4.98 Å². The van der Waals surface area contributed by atoms with Gasteiger partial charge in [0.25, 0.3) is 5.56 Å². The average molecular weight is 251 g/mol. The van der Waals surface area contributed by atoms with E-state index in [1.165, 1.54) is 11.3 Å². The molecule has 0 aliphatic heterocycles. The highest BCUT2D eigenvalue weighted by Crippen LogP contribution is 2.21. The van der Waals surface area contributed by atoms with E-state index in [1.807, 2.05) is 12.3 Å². The first-order valence-corrected chi connectivity index (χ1v) is 5.99. The molecule has 0 aliphatic rings. The zero-order valence-electron chi connectivity index (χ0n) is 8.40. The highest BCUT2D eigenvalue weighted by molar-refractivity contribution is 7.15. The van der Waals surface area contributed by atoms with Gasteiger partial charge in [-0.2, -0.15) is 0 Å². The molecule has 5 heteroatoms. The molecule has 3 rings (SSSR count). The Morgan fingerprint density at radius 3 is 3.06 bits per heavy atom. The molecule has 0 spiro atoms. The van der Waals surface area contributed by atoms with Crippen LogP contribution in [0.4, 0.5) is 0 Å². The maximum Gasteiger partial charge on any atom is 0.268 e. The van der Waals surface area contributed by atoms with E-state index in [1.54, 1.807) is 22.6 Å². The third-order valence-corrected chi connectivity index (χ3v) is 3.76. The SMILES string of the molecule is Cc1csc2nc3cccc(Cl)c3c(=O)n12. The van der Waals surface area contributed by atoms with Crippen molar-refractivity contribution >= 4 is 38.8 Å². The monoisotopic (exact) mass is 250 g/mol. The van der Waals surface area contributed by atoms with Crippen LogP contribution in [0.25, 0.3) is 15.9 Å². The third kappa shape index (κ3) is 1.20. The Morgan fingerprint density at radius 1 is 1.44 bits per heavy atom. The van der Waals surface area contributed by atoms with Crippen LogP contribution in [0.1, 0.15) is 5.69 Å². The summed E-state index contributed by atoms with van der Waals surface area (Å²) in [5, 5.41) is 2.86. The average Bonchev–Trinajstić information content (AvgIpc) is 2.60. The van der Waals surface area contributed by atoms with E-state index in [-0.39, 0.29) is 5.56 Å². The van der Waals surface area contributed by atoms with Crippen molar-refractivity contribution in [1.82, 2.24) is 9.38 Å². The molecule has 0 fully saturated rings. The second-order valence-corrected chi connectivity index (χ2v) is 4.79. The van der Waals surface area contributed by atoms with E-state index >= 15 is 0 Å². The lowest BCUT2D eigenvalue weighted by Crippen LogP contribution is -2.15. The van der Waals surface area contributed by atoms with Gasteiger partial charge in [-0.1, -0.05) is 17.7 Å². The predicted octanol–water partition coefficient (Wildman–Crippen LogP) is 2.87. The van der Waals surface area contributed by atoms with Gasteiger partial charge in [-0.25, -0.2) is 4.98 Å². The molecule has 2 heterocycles. The fourth-order valence-corrected chi connectivity index (χ4v) is 2.87. The summed E-state index contributed by atoms with van der Waals surface area (Å²) in [6.07, 6.45) is 0. The number of hydrogen-bond acceptors (Lipinski definition) is 3. The van der Waals surface area contributed by atoms with Crippen LogP contribution in [0.15, 0.2) is 28.4 Å². The summed E-state index contributed by atoms with van der Waals surface area (Å²) < 4.78 is 1.60. The van der Waals surface area contributed by atoms with E-state index in [0.29, 0.717) is 20.9 Å². The Hall–Kier alpha value is -1.39. The molecule has 0 radical (unpaired) electrons. The summed E-state index contributed by atoms with van der Waals surface area (Å²) in [6.45, 7) is 1.88. The van der Waals surface area contributed by atoms with Crippen molar-refractivity contribution in [3.05, 3.63) is 44.6 Å². The number of aromatic nitrogens is 2. The topological polar surface area (TPSA) is 34.4 Å². The van der Waals surface area contributed by atoms with Crippen LogP contribution in [0.3, 0.4) is 0 Å². The van der Waals surface area contributed by atoms with Crippen molar-refractivity contribution in [3.8, 4) is 0 Å². The van der Waals surface area contributed by atoms with Gasteiger partial charge in [-0.05, 0) is 19.1 Å². The zero-order valence-corrected chi connectivity index (χ0v) is 9.97. The zero-order chi connectivity index (χ0) is 11.3. The summed E-state index contributed by atoms with van der Waals surface area (Å²) in [6, 6.07) is 5.31. The summed E-state index contributed by atoms with van der Waals surface area (Å²) >= 11 is 7.49. The lowest BCUT2D eigenvalue weighted by molar-refractivity contribution is 1.05. The fourth-order valence-electron chi connectivity index (χ4n) is 1.75. The Bertz CT molecular complexity index is 760. The van der Waals surface area contributed by atoms with Crippen LogP contribution in [0.2, 0.25) is 5.02 Å². The van der Waals surface area contributed by atoms with Crippen molar-refractivity contribution in [1.29, 1.82) is 0 Å². The minimum absolute atomic E-state index is 0.0932. The molecular weight excluding hydrogens is 244 g/mol. The summed E-state index contributed by atoms with van der Waals surface area (Å²) in [7, 11) is 0. The Balaban J connectivity index is 2.70. The second kappa shape index (κ2) is 3.30.